The molecule has 6 heteroatoms. The Hall–Kier alpha value is -2.21. The van der Waals surface area contributed by atoms with E-state index in [0.717, 1.165) is 21.4 Å². The van der Waals surface area contributed by atoms with Gasteiger partial charge in [0.25, 0.3) is 0 Å². The Morgan fingerprint density at radius 2 is 1.83 bits per heavy atom. The predicted octanol–water partition coefficient (Wildman–Crippen LogP) is 4.22. The topological polar surface area (TPSA) is 59.6 Å². The van der Waals surface area contributed by atoms with Crippen molar-refractivity contribution in [1.82, 2.24) is 0 Å². The first kappa shape index (κ1) is 18.1. The molecule has 0 heterocycles. The highest BCUT2D eigenvalue weighted by Gasteiger charge is 2.07. The van der Waals surface area contributed by atoms with Crippen LogP contribution in [0, 0.1) is 6.92 Å². The number of aryl methyl sites for hydroxylation is 1. The number of rotatable bonds is 7. The highest BCUT2D eigenvalue weighted by atomic mass is 79.9. The van der Waals surface area contributed by atoms with Crippen LogP contribution in [0.25, 0.3) is 0 Å². The molecule has 24 heavy (non-hydrogen) atoms. The minimum Gasteiger partial charge on any atom is -0.493 e. The Morgan fingerprint density at radius 3 is 2.50 bits per heavy atom. The number of benzene rings is 2. The Labute approximate surface area is 150 Å². The summed E-state index contributed by atoms with van der Waals surface area (Å²) in [5.74, 6) is 1.27. The molecule has 5 nitrogen and oxygen atoms in total. The van der Waals surface area contributed by atoms with Crippen molar-refractivity contribution in [2.75, 3.05) is 31.4 Å². The Morgan fingerprint density at radius 1 is 1.08 bits per heavy atom. The lowest BCUT2D eigenvalue weighted by atomic mass is 10.2. The summed E-state index contributed by atoms with van der Waals surface area (Å²) in [6, 6.07) is 11.4. The van der Waals surface area contributed by atoms with E-state index in [0.29, 0.717) is 24.5 Å². The van der Waals surface area contributed by atoms with Crippen molar-refractivity contribution < 1.29 is 14.3 Å². The first-order chi connectivity index (χ1) is 11.5. The third kappa shape index (κ3) is 4.89. The standard InChI is InChI=1S/C18H21BrN2O3/c1-12-4-6-15(14(19)10-12)21-18(22)8-9-20-13-5-7-16(23-2)17(11-13)24-3/h4-7,10-11,20H,8-9H2,1-3H3,(H,21,22). The molecule has 0 aliphatic rings. The molecule has 2 rings (SSSR count). The lowest BCUT2D eigenvalue weighted by Gasteiger charge is -2.12. The van der Waals surface area contributed by atoms with Crippen LogP contribution in [0.15, 0.2) is 40.9 Å². The fraction of sp³-hybridized carbons (Fsp3) is 0.278. The maximum atomic E-state index is 12.0. The van der Waals surface area contributed by atoms with Crippen LogP contribution < -0.4 is 20.1 Å². The number of nitrogens with one attached hydrogen (secondary N) is 2. The van der Waals surface area contributed by atoms with Crippen molar-refractivity contribution in [3.05, 3.63) is 46.4 Å². The first-order valence-electron chi connectivity index (χ1n) is 7.55. The minimum absolute atomic E-state index is 0.0486. The van der Waals surface area contributed by atoms with Crippen molar-refractivity contribution >= 4 is 33.2 Å². The summed E-state index contributed by atoms with van der Waals surface area (Å²) < 4.78 is 11.3. The number of amides is 1. The van der Waals surface area contributed by atoms with Crippen LogP contribution in [0.2, 0.25) is 0 Å². The summed E-state index contributed by atoms with van der Waals surface area (Å²) in [5.41, 5.74) is 2.78. The zero-order chi connectivity index (χ0) is 17.5. The molecule has 0 bridgehead atoms. The van der Waals surface area contributed by atoms with E-state index in [4.69, 9.17) is 9.47 Å². The molecule has 128 valence electrons. The van der Waals surface area contributed by atoms with Gasteiger partial charge in [0.2, 0.25) is 5.91 Å². The summed E-state index contributed by atoms with van der Waals surface area (Å²) in [5, 5.41) is 6.10. The number of methoxy groups -OCH3 is 2. The van der Waals surface area contributed by atoms with Gasteiger partial charge in [0, 0.05) is 29.2 Å². The zero-order valence-corrected chi connectivity index (χ0v) is 15.6. The van der Waals surface area contributed by atoms with Crippen LogP contribution >= 0.6 is 15.9 Å². The van der Waals surface area contributed by atoms with E-state index in [2.05, 4.69) is 26.6 Å². The largest absolute Gasteiger partial charge is 0.493 e. The smallest absolute Gasteiger partial charge is 0.226 e. The van der Waals surface area contributed by atoms with Crippen molar-refractivity contribution in [3.8, 4) is 11.5 Å². The van der Waals surface area contributed by atoms with E-state index in [9.17, 15) is 4.79 Å². The number of anilines is 2. The van der Waals surface area contributed by atoms with E-state index in [1.165, 1.54) is 0 Å². The van der Waals surface area contributed by atoms with Gasteiger partial charge in [-0.3, -0.25) is 4.79 Å². The zero-order valence-electron chi connectivity index (χ0n) is 14.0. The summed E-state index contributed by atoms with van der Waals surface area (Å²) >= 11 is 3.45. The minimum atomic E-state index is -0.0486. The van der Waals surface area contributed by atoms with E-state index in [-0.39, 0.29) is 5.91 Å². The Kier molecular flexibility index (Phi) is 6.49. The van der Waals surface area contributed by atoms with Gasteiger partial charge in [-0.15, -0.1) is 0 Å². The second kappa shape index (κ2) is 8.59. The van der Waals surface area contributed by atoms with E-state index in [1.807, 2.05) is 43.3 Å². The molecule has 0 saturated carbocycles. The van der Waals surface area contributed by atoms with Gasteiger partial charge in [-0.05, 0) is 52.7 Å². The highest BCUT2D eigenvalue weighted by Crippen LogP contribution is 2.29. The van der Waals surface area contributed by atoms with Crippen molar-refractivity contribution in [3.63, 3.8) is 0 Å². The number of hydrogen-bond donors (Lipinski definition) is 2. The summed E-state index contributed by atoms with van der Waals surface area (Å²) in [6.45, 7) is 2.52. The maximum Gasteiger partial charge on any atom is 0.226 e. The molecule has 0 atom stereocenters. The summed E-state index contributed by atoms with van der Waals surface area (Å²) in [4.78, 5) is 12.0. The van der Waals surface area contributed by atoms with Gasteiger partial charge in [0.15, 0.2) is 11.5 Å². The number of ether oxygens (including phenoxy) is 2. The monoisotopic (exact) mass is 392 g/mol. The fourth-order valence-corrected chi connectivity index (χ4v) is 2.79. The van der Waals surface area contributed by atoms with Crippen LogP contribution in [-0.2, 0) is 4.79 Å². The normalized spacial score (nSPS) is 10.2. The lowest BCUT2D eigenvalue weighted by Crippen LogP contribution is -2.16. The molecule has 1 amide bonds. The van der Waals surface area contributed by atoms with Crippen molar-refractivity contribution in [2.45, 2.75) is 13.3 Å². The third-order valence-corrected chi connectivity index (χ3v) is 4.12. The Balaban J connectivity index is 1.86. The molecule has 2 aromatic rings. The maximum absolute atomic E-state index is 12.0. The Bertz CT molecular complexity index is 719. The molecule has 2 N–H and O–H groups in total. The fourth-order valence-electron chi connectivity index (χ4n) is 2.20. The van der Waals surface area contributed by atoms with Gasteiger partial charge >= 0.3 is 0 Å². The molecule has 2 aromatic carbocycles. The molecule has 0 aromatic heterocycles. The molecule has 0 aliphatic heterocycles. The molecule has 0 spiro atoms. The average molecular weight is 393 g/mol. The van der Waals surface area contributed by atoms with E-state index >= 15 is 0 Å². The van der Waals surface area contributed by atoms with Gasteiger partial charge in [0.1, 0.15) is 0 Å². The van der Waals surface area contributed by atoms with Gasteiger partial charge in [-0.2, -0.15) is 0 Å². The predicted molar refractivity (Wildman–Crippen MR) is 100 cm³/mol. The molecular formula is C18H21BrN2O3. The van der Waals surface area contributed by atoms with Crippen LogP contribution in [0.5, 0.6) is 11.5 Å². The van der Waals surface area contributed by atoms with Crippen LogP contribution in [0.4, 0.5) is 11.4 Å². The average Bonchev–Trinajstić information content (AvgIpc) is 2.57. The molecule has 0 aliphatic carbocycles. The number of hydrogen-bond acceptors (Lipinski definition) is 4. The second-order valence-electron chi connectivity index (χ2n) is 5.28. The van der Waals surface area contributed by atoms with E-state index < -0.39 is 0 Å². The van der Waals surface area contributed by atoms with Crippen LogP contribution in [0.1, 0.15) is 12.0 Å². The van der Waals surface area contributed by atoms with Crippen LogP contribution in [0.3, 0.4) is 0 Å². The van der Waals surface area contributed by atoms with Crippen LogP contribution in [-0.4, -0.2) is 26.7 Å². The SMILES string of the molecule is COc1ccc(NCCC(=O)Nc2ccc(C)cc2Br)cc1OC. The highest BCUT2D eigenvalue weighted by molar-refractivity contribution is 9.10. The molecule has 0 saturated heterocycles. The van der Waals surface area contributed by atoms with Crippen molar-refractivity contribution in [1.29, 1.82) is 0 Å². The van der Waals surface area contributed by atoms with Gasteiger partial charge < -0.3 is 20.1 Å². The van der Waals surface area contributed by atoms with E-state index in [1.54, 1.807) is 14.2 Å². The third-order valence-electron chi connectivity index (χ3n) is 3.46. The first-order valence-corrected chi connectivity index (χ1v) is 8.34. The second-order valence-corrected chi connectivity index (χ2v) is 6.13. The molecular weight excluding hydrogens is 372 g/mol. The summed E-state index contributed by atoms with van der Waals surface area (Å²) in [6.07, 6.45) is 0.356. The van der Waals surface area contributed by atoms with Crippen molar-refractivity contribution in [2.24, 2.45) is 0 Å². The number of carbonyl (C=O) groups is 1. The molecule has 0 fully saturated rings. The quantitative estimate of drug-likeness (QED) is 0.740. The summed E-state index contributed by atoms with van der Waals surface area (Å²) in [7, 11) is 3.19. The molecule has 0 unspecified atom stereocenters. The lowest BCUT2D eigenvalue weighted by molar-refractivity contribution is -0.115. The number of halogens is 1. The molecule has 0 radical (unpaired) electrons. The van der Waals surface area contributed by atoms with Gasteiger partial charge in [-0.25, -0.2) is 0 Å². The van der Waals surface area contributed by atoms with Gasteiger partial charge in [-0.1, -0.05) is 6.07 Å². The number of carbonyl (C=O) groups excluding carboxylic acids is 1. The van der Waals surface area contributed by atoms with Gasteiger partial charge in [0.05, 0.1) is 19.9 Å².